The Labute approximate surface area is 74.2 Å². The average molecular weight is 173 g/mol. The van der Waals surface area contributed by atoms with Crippen molar-refractivity contribution in [2.45, 2.75) is 32.6 Å². The molecule has 0 aromatic rings. The van der Waals surface area contributed by atoms with Gasteiger partial charge in [0.25, 0.3) is 0 Å². The molecule has 0 saturated heterocycles. The first-order valence-electron chi connectivity index (χ1n) is 4.53. The number of hydrogen-bond donors (Lipinski definition) is 2. The molecule has 1 atom stereocenters. The van der Waals surface area contributed by atoms with Crippen LogP contribution in [0.5, 0.6) is 0 Å². The molecule has 0 aromatic carbocycles. The first-order valence-corrected chi connectivity index (χ1v) is 4.53. The second-order valence-corrected chi connectivity index (χ2v) is 3.28. The quantitative estimate of drug-likeness (QED) is 0.613. The van der Waals surface area contributed by atoms with Crippen molar-refractivity contribution in [2.24, 2.45) is 5.92 Å². The Balaban J connectivity index is 3.19. The molecule has 3 nitrogen and oxygen atoms in total. The van der Waals surface area contributed by atoms with E-state index in [1.807, 2.05) is 7.05 Å². The minimum atomic E-state index is -0.684. The minimum Gasteiger partial charge on any atom is -0.481 e. The van der Waals surface area contributed by atoms with Crippen molar-refractivity contribution in [2.75, 3.05) is 13.6 Å². The molecular weight excluding hydrogens is 154 g/mol. The number of rotatable bonds is 7. The number of carbonyl (C=O) groups is 1. The molecule has 2 N–H and O–H groups in total. The van der Waals surface area contributed by atoms with E-state index in [2.05, 4.69) is 12.2 Å². The number of carboxylic acids is 1. The number of nitrogens with one attached hydrogen (secondary N) is 1. The lowest BCUT2D eigenvalue weighted by atomic mass is 10.0. The predicted octanol–water partition coefficient (Wildman–Crippen LogP) is 1.49. The Morgan fingerprint density at radius 3 is 2.67 bits per heavy atom. The second-order valence-electron chi connectivity index (χ2n) is 3.28. The Hall–Kier alpha value is -0.570. The third kappa shape index (κ3) is 7.54. The maximum absolute atomic E-state index is 10.2. The topological polar surface area (TPSA) is 49.3 Å². The largest absolute Gasteiger partial charge is 0.481 e. The van der Waals surface area contributed by atoms with E-state index in [1.165, 1.54) is 0 Å². The second kappa shape index (κ2) is 7.10. The van der Waals surface area contributed by atoms with Crippen LogP contribution >= 0.6 is 0 Å². The molecule has 0 fully saturated rings. The predicted molar refractivity (Wildman–Crippen MR) is 49.2 cm³/mol. The number of aliphatic carboxylic acids is 1. The van der Waals surface area contributed by atoms with Crippen molar-refractivity contribution in [3.05, 3.63) is 0 Å². The highest BCUT2D eigenvalue weighted by Crippen LogP contribution is 2.10. The van der Waals surface area contributed by atoms with Crippen molar-refractivity contribution in [3.63, 3.8) is 0 Å². The fraction of sp³-hybridized carbons (Fsp3) is 0.889. The molecule has 0 heterocycles. The summed E-state index contributed by atoms with van der Waals surface area (Å²) < 4.78 is 0. The van der Waals surface area contributed by atoms with Crippen LogP contribution in [0, 0.1) is 5.92 Å². The fourth-order valence-corrected chi connectivity index (χ4v) is 1.14. The molecule has 0 rings (SSSR count). The van der Waals surface area contributed by atoms with E-state index in [0.717, 1.165) is 25.8 Å². The lowest BCUT2D eigenvalue weighted by Gasteiger charge is -2.09. The molecule has 0 aliphatic carbocycles. The molecule has 0 amide bonds. The van der Waals surface area contributed by atoms with Crippen LogP contribution in [0.25, 0.3) is 0 Å². The van der Waals surface area contributed by atoms with Crippen LogP contribution in [-0.2, 0) is 4.79 Å². The number of hydrogen-bond acceptors (Lipinski definition) is 2. The van der Waals surface area contributed by atoms with Gasteiger partial charge in [0.15, 0.2) is 0 Å². The van der Waals surface area contributed by atoms with E-state index in [0.29, 0.717) is 12.3 Å². The maximum atomic E-state index is 10.2. The standard InChI is InChI=1S/C9H19NO2/c1-8(6-7-10-2)4-3-5-9(11)12/h8,10H,3-7H2,1-2H3,(H,11,12). The Morgan fingerprint density at radius 2 is 2.17 bits per heavy atom. The molecule has 0 aliphatic rings. The zero-order valence-corrected chi connectivity index (χ0v) is 7.97. The monoisotopic (exact) mass is 173 g/mol. The summed E-state index contributed by atoms with van der Waals surface area (Å²) in [6.07, 6.45) is 3.27. The normalized spacial score (nSPS) is 12.8. The summed E-state index contributed by atoms with van der Waals surface area (Å²) >= 11 is 0. The molecule has 12 heavy (non-hydrogen) atoms. The van der Waals surface area contributed by atoms with Gasteiger partial charge < -0.3 is 10.4 Å². The van der Waals surface area contributed by atoms with Crippen LogP contribution < -0.4 is 5.32 Å². The first kappa shape index (κ1) is 11.4. The van der Waals surface area contributed by atoms with Gasteiger partial charge in [0.05, 0.1) is 0 Å². The Morgan fingerprint density at radius 1 is 1.50 bits per heavy atom. The molecule has 0 radical (unpaired) electrons. The SMILES string of the molecule is CNCCC(C)CCCC(=O)O. The van der Waals surface area contributed by atoms with Crippen molar-refractivity contribution >= 4 is 5.97 Å². The van der Waals surface area contributed by atoms with E-state index in [9.17, 15) is 4.79 Å². The third-order valence-electron chi connectivity index (χ3n) is 1.97. The molecule has 0 aliphatic heterocycles. The van der Waals surface area contributed by atoms with Gasteiger partial charge in [0.2, 0.25) is 0 Å². The fourth-order valence-electron chi connectivity index (χ4n) is 1.14. The highest BCUT2D eigenvalue weighted by Gasteiger charge is 2.02. The highest BCUT2D eigenvalue weighted by molar-refractivity contribution is 5.66. The van der Waals surface area contributed by atoms with Gasteiger partial charge in [0.1, 0.15) is 0 Å². The summed E-state index contributed by atoms with van der Waals surface area (Å²) in [6, 6.07) is 0. The van der Waals surface area contributed by atoms with Gasteiger partial charge in [-0.05, 0) is 32.4 Å². The summed E-state index contributed by atoms with van der Waals surface area (Å²) in [5.74, 6) is -0.0485. The maximum Gasteiger partial charge on any atom is 0.303 e. The van der Waals surface area contributed by atoms with Crippen LogP contribution in [0.1, 0.15) is 32.6 Å². The average Bonchev–Trinajstić information content (AvgIpc) is 2.00. The van der Waals surface area contributed by atoms with Crippen LogP contribution in [0.4, 0.5) is 0 Å². The molecule has 0 aromatic heterocycles. The highest BCUT2D eigenvalue weighted by atomic mass is 16.4. The molecule has 1 unspecified atom stereocenters. The molecule has 0 saturated carbocycles. The molecule has 0 spiro atoms. The third-order valence-corrected chi connectivity index (χ3v) is 1.97. The summed E-state index contributed by atoms with van der Waals surface area (Å²) in [7, 11) is 1.93. The van der Waals surface area contributed by atoms with Gasteiger partial charge in [-0.15, -0.1) is 0 Å². The molecular formula is C9H19NO2. The Bertz CT molecular complexity index is 126. The van der Waals surface area contributed by atoms with Crippen LogP contribution in [-0.4, -0.2) is 24.7 Å². The zero-order valence-electron chi connectivity index (χ0n) is 7.97. The molecule has 72 valence electrons. The number of carboxylic acid groups (broad SMARTS) is 1. The van der Waals surface area contributed by atoms with Crippen LogP contribution in [0.3, 0.4) is 0 Å². The van der Waals surface area contributed by atoms with E-state index in [1.54, 1.807) is 0 Å². The van der Waals surface area contributed by atoms with Gasteiger partial charge in [-0.1, -0.05) is 13.3 Å². The van der Waals surface area contributed by atoms with E-state index < -0.39 is 5.97 Å². The van der Waals surface area contributed by atoms with Crippen molar-refractivity contribution in [1.29, 1.82) is 0 Å². The van der Waals surface area contributed by atoms with Gasteiger partial charge >= 0.3 is 5.97 Å². The van der Waals surface area contributed by atoms with Crippen molar-refractivity contribution < 1.29 is 9.90 Å². The van der Waals surface area contributed by atoms with Crippen LogP contribution in [0.2, 0.25) is 0 Å². The van der Waals surface area contributed by atoms with E-state index >= 15 is 0 Å². The van der Waals surface area contributed by atoms with E-state index in [4.69, 9.17) is 5.11 Å². The smallest absolute Gasteiger partial charge is 0.303 e. The van der Waals surface area contributed by atoms with Gasteiger partial charge in [0, 0.05) is 6.42 Å². The molecule has 0 bridgehead atoms. The lowest BCUT2D eigenvalue weighted by molar-refractivity contribution is -0.137. The zero-order chi connectivity index (χ0) is 9.40. The van der Waals surface area contributed by atoms with Gasteiger partial charge in [-0.25, -0.2) is 0 Å². The summed E-state index contributed by atoms with van der Waals surface area (Å²) in [5, 5.41) is 11.5. The summed E-state index contributed by atoms with van der Waals surface area (Å²) in [6.45, 7) is 3.19. The minimum absolute atomic E-state index is 0.309. The van der Waals surface area contributed by atoms with Gasteiger partial charge in [-0.2, -0.15) is 0 Å². The first-order chi connectivity index (χ1) is 5.66. The summed E-state index contributed by atoms with van der Waals surface area (Å²) in [5.41, 5.74) is 0. The van der Waals surface area contributed by atoms with Gasteiger partial charge in [-0.3, -0.25) is 4.79 Å². The lowest BCUT2D eigenvalue weighted by Crippen LogP contribution is -2.11. The molecule has 3 heteroatoms. The van der Waals surface area contributed by atoms with Crippen LogP contribution in [0.15, 0.2) is 0 Å². The Kier molecular flexibility index (Phi) is 6.76. The van der Waals surface area contributed by atoms with E-state index in [-0.39, 0.29) is 0 Å². The van der Waals surface area contributed by atoms with Crippen molar-refractivity contribution in [1.82, 2.24) is 5.32 Å². The van der Waals surface area contributed by atoms with Crippen molar-refractivity contribution in [3.8, 4) is 0 Å². The summed E-state index contributed by atoms with van der Waals surface area (Å²) in [4.78, 5) is 10.2.